The van der Waals surface area contributed by atoms with E-state index in [1.165, 1.54) is 24.2 Å². The van der Waals surface area contributed by atoms with Gasteiger partial charge < -0.3 is 30.9 Å². The second kappa shape index (κ2) is 12.0. The molecule has 4 aromatic carbocycles. The highest BCUT2D eigenvalue weighted by Gasteiger charge is 2.62. The first-order chi connectivity index (χ1) is 20.2. The number of hydrogen-bond donors (Lipinski definition) is 0. The van der Waals surface area contributed by atoms with Crippen LogP contribution in [0, 0.1) is 29.1 Å². The van der Waals surface area contributed by atoms with Gasteiger partial charge in [0, 0.05) is 23.8 Å². The number of benzene rings is 4. The Kier molecular flexibility index (Phi) is 8.12. The number of hydrogen-bond acceptors (Lipinski definition) is 3. The molecule has 1 saturated heterocycles. The Labute approximate surface area is 259 Å². The molecule has 0 amide bonds. The van der Waals surface area contributed by atoms with Crippen molar-refractivity contribution in [3.05, 3.63) is 131 Å². The van der Waals surface area contributed by atoms with Gasteiger partial charge in [-0.15, -0.1) is 0 Å². The van der Waals surface area contributed by atoms with Crippen LogP contribution in [0.1, 0.15) is 35.1 Å². The number of rotatable bonds is 10. The van der Waals surface area contributed by atoms with Gasteiger partial charge in [-0.1, -0.05) is 97.1 Å². The maximum absolute atomic E-state index is 10.6. The van der Waals surface area contributed by atoms with E-state index in [4.69, 9.17) is 9.47 Å². The molecule has 0 aromatic heterocycles. The average Bonchev–Trinajstić information content (AvgIpc) is 3.32. The predicted molar refractivity (Wildman–Crippen MR) is 160 cm³/mol. The SMILES string of the molecule is N#CC(CCC1C2C[N+](CCc3ccc4c(c3)OCO4)(Cc3ccccc3)CC12)(c1ccccc1)c1ccccc1.[Br-]. The van der Waals surface area contributed by atoms with E-state index in [0.29, 0.717) is 12.7 Å². The molecule has 0 radical (unpaired) electrons. The number of halogens is 1. The van der Waals surface area contributed by atoms with Crippen LogP contribution < -0.4 is 26.5 Å². The van der Waals surface area contributed by atoms with Crippen molar-refractivity contribution in [2.75, 3.05) is 26.4 Å². The van der Waals surface area contributed by atoms with E-state index in [1.54, 1.807) is 0 Å². The van der Waals surface area contributed by atoms with Crippen LogP contribution in [0.25, 0.3) is 0 Å². The fourth-order valence-corrected chi connectivity index (χ4v) is 7.76. The van der Waals surface area contributed by atoms with E-state index in [0.717, 1.165) is 71.3 Å². The highest BCUT2D eigenvalue weighted by atomic mass is 79.9. The minimum atomic E-state index is -0.602. The minimum Gasteiger partial charge on any atom is -1.00 e. The molecule has 214 valence electrons. The minimum absolute atomic E-state index is 0. The zero-order valence-corrected chi connectivity index (χ0v) is 25.5. The predicted octanol–water partition coefficient (Wildman–Crippen LogP) is 4.14. The number of quaternary nitrogens is 1. The molecule has 0 N–H and O–H groups in total. The molecule has 2 atom stereocenters. The Morgan fingerprint density at radius 3 is 1.95 bits per heavy atom. The summed E-state index contributed by atoms with van der Waals surface area (Å²) < 4.78 is 12.3. The molecule has 4 nitrogen and oxygen atoms in total. The standard InChI is InChI=1S/C37H37N2O2.BrH/c38-26-37(30-12-6-2-7-13-30,31-14-8-3-9-15-31)20-18-32-33-24-39(25-34(32)33,23-29-10-4-1-5-11-29)21-19-28-16-17-35-36(22-28)41-27-40-35;/h1-17,22,32-34H,18-21,23-25,27H2;1H/q+1;/p-1. The van der Waals surface area contributed by atoms with Gasteiger partial charge in [0.2, 0.25) is 6.79 Å². The highest BCUT2D eigenvalue weighted by Crippen LogP contribution is 2.58. The zero-order valence-electron chi connectivity index (χ0n) is 23.9. The Morgan fingerprint density at radius 2 is 1.33 bits per heavy atom. The van der Waals surface area contributed by atoms with E-state index in [1.807, 2.05) is 12.1 Å². The van der Waals surface area contributed by atoms with Crippen LogP contribution in [0.2, 0.25) is 0 Å². The quantitative estimate of drug-likeness (QED) is 0.250. The summed E-state index contributed by atoms with van der Waals surface area (Å²) in [7, 11) is 0. The molecule has 2 heterocycles. The summed E-state index contributed by atoms with van der Waals surface area (Å²) in [6, 6.07) is 41.0. The van der Waals surface area contributed by atoms with Gasteiger partial charge in [-0.05, 0) is 47.6 Å². The lowest BCUT2D eigenvalue weighted by Crippen LogP contribution is -3.00. The van der Waals surface area contributed by atoms with Gasteiger partial charge in [0.1, 0.15) is 12.0 Å². The van der Waals surface area contributed by atoms with Gasteiger partial charge in [0.05, 0.1) is 25.7 Å². The number of nitriles is 1. The van der Waals surface area contributed by atoms with Crippen molar-refractivity contribution in [3.8, 4) is 17.6 Å². The maximum Gasteiger partial charge on any atom is 0.231 e. The monoisotopic (exact) mass is 620 g/mol. The summed E-state index contributed by atoms with van der Waals surface area (Å²) in [5.41, 5.74) is 4.36. The molecule has 0 spiro atoms. The Balaban J connectivity index is 0.00000316. The second-order valence-corrected chi connectivity index (χ2v) is 12.3. The molecule has 7 rings (SSSR count). The van der Waals surface area contributed by atoms with Crippen LogP contribution in [0.15, 0.2) is 109 Å². The summed E-state index contributed by atoms with van der Waals surface area (Å²) in [6.07, 6.45) is 3.00. The van der Waals surface area contributed by atoms with Crippen LogP contribution in [0.5, 0.6) is 11.5 Å². The molecule has 1 saturated carbocycles. The Hall–Kier alpha value is -3.59. The molecule has 5 heteroatoms. The summed E-state index contributed by atoms with van der Waals surface area (Å²) >= 11 is 0. The lowest BCUT2D eigenvalue weighted by atomic mass is 9.72. The van der Waals surface area contributed by atoms with Crippen molar-refractivity contribution < 1.29 is 30.9 Å². The zero-order chi connectivity index (χ0) is 27.7. The van der Waals surface area contributed by atoms with Crippen LogP contribution in [-0.2, 0) is 18.4 Å². The van der Waals surface area contributed by atoms with Crippen LogP contribution in [0.3, 0.4) is 0 Å². The van der Waals surface area contributed by atoms with Crippen molar-refractivity contribution in [2.24, 2.45) is 17.8 Å². The van der Waals surface area contributed by atoms with E-state index >= 15 is 0 Å². The molecule has 3 aliphatic rings. The molecule has 1 aliphatic carbocycles. The third-order valence-corrected chi connectivity index (χ3v) is 9.95. The topological polar surface area (TPSA) is 42.2 Å². The molecule has 2 aliphatic heterocycles. The van der Waals surface area contributed by atoms with Crippen molar-refractivity contribution in [2.45, 2.75) is 31.2 Å². The Morgan fingerprint density at radius 1 is 0.738 bits per heavy atom. The molecular formula is C37H37BrN2O2. The summed E-state index contributed by atoms with van der Waals surface area (Å²) in [5.74, 6) is 3.94. The van der Waals surface area contributed by atoms with Crippen LogP contribution >= 0.6 is 0 Å². The van der Waals surface area contributed by atoms with Gasteiger partial charge in [0.25, 0.3) is 0 Å². The van der Waals surface area contributed by atoms with Crippen LogP contribution in [0.4, 0.5) is 0 Å². The van der Waals surface area contributed by atoms with E-state index < -0.39 is 5.41 Å². The van der Waals surface area contributed by atoms with Crippen molar-refractivity contribution in [1.29, 1.82) is 5.26 Å². The summed E-state index contributed by atoms with van der Waals surface area (Å²) in [5, 5.41) is 10.6. The fourth-order valence-electron chi connectivity index (χ4n) is 7.76. The maximum atomic E-state index is 10.6. The molecule has 42 heavy (non-hydrogen) atoms. The molecule has 2 unspecified atom stereocenters. The first-order valence-electron chi connectivity index (χ1n) is 15.0. The number of piperidine rings is 1. The second-order valence-electron chi connectivity index (χ2n) is 12.3. The number of likely N-dealkylation sites (tertiary alicyclic amines) is 1. The van der Waals surface area contributed by atoms with E-state index in [9.17, 15) is 5.26 Å². The third kappa shape index (κ3) is 5.46. The first kappa shape index (κ1) is 28.5. The number of fused-ring (bicyclic) bond motifs is 2. The fraction of sp³-hybridized carbons (Fsp3) is 0.324. The smallest absolute Gasteiger partial charge is 0.231 e. The molecule has 4 aromatic rings. The van der Waals surface area contributed by atoms with Gasteiger partial charge in [0.15, 0.2) is 11.5 Å². The molecule has 2 fully saturated rings. The summed E-state index contributed by atoms with van der Waals surface area (Å²) in [4.78, 5) is 0. The van der Waals surface area contributed by atoms with Crippen molar-refractivity contribution in [3.63, 3.8) is 0 Å². The first-order valence-corrected chi connectivity index (χ1v) is 15.0. The van der Waals surface area contributed by atoms with Gasteiger partial charge in [-0.3, -0.25) is 0 Å². The lowest BCUT2D eigenvalue weighted by molar-refractivity contribution is -0.934. The van der Waals surface area contributed by atoms with Crippen molar-refractivity contribution in [1.82, 2.24) is 0 Å². The van der Waals surface area contributed by atoms with E-state index in [-0.39, 0.29) is 17.0 Å². The Bertz CT molecular complexity index is 1490. The normalized spacial score (nSPS) is 23.5. The molecular weight excluding hydrogens is 584 g/mol. The van der Waals surface area contributed by atoms with Crippen LogP contribution in [-0.4, -0.2) is 30.9 Å². The largest absolute Gasteiger partial charge is 1.00 e. The average molecular weight is 622 g/mol. The number of nitrogens with zero attached hydrogens (tertiary/aromatic N) is 2. The van der Waals surface area contributed by atoms with Gasteiger partial charge in [-0.2, -0.15) is 5.26 Å². The van der Waals surface area contributed by atoms with Gasteiger partial charge >= 0.3 is 0 Å². The van der Waals surface area contributed by atoms with Gasteiger partial charge in [-0.25, -0.2) is 0 Å². The highest BCUT2D eigenvalue weighted by molar-refractivity contribution is 5.46. The third-order valence-electron chi connectivity index (χ3n) is 9.95. The molecule has 0 bridgehead atoms. The lowest BCUT2D eigenvalue weighted by Gasteiger charge is -2.37. The van der Waals surface area contributed by atoms with E-state index in [2.05, 4.69) is 103 Å². The van der Waals surface area contributed by atoms with Crippen molar-refractivity contribution >= 4 is 0 Å². The number of ether oxygens (including phenoxy) is 2. The summed E-state index contributed by atoms with van der Waals surface area (Å²) in [6.45, 7) is 4.99.